The Balaban J connectivity index is 0.000000900. The molecule has 0 aliphatic carbocycles. The van der Waals surface area contributed by atoms with Gasteiger partial charge in [-0.05, 0) is 69.7 Å². The number of carboxylic acids is 1. The number of hydrogen-bond donors (Lipinski definition) is 6. The van der Waals surface area contributed by atoms with Gasteiger partial charge in [0.1, 0.15) is 23.4 Å². The van der Waals surface area contributed by atoms with Gasteiger partial charge in [-0.1, -0.05) is 6.07 Å². The first kappa shape index (κ1) is 35.8. The molecule has 0 saturated heterocycles. The molecule has 2 amide bonds. The van der Waals surface area contributed by atoms with Crippen LogP contribution >= 0.6 is 0 Å². The molecule has 0 saturated carbocycles. The van der Waals surface area contributed by atoms with Gasteiger partial charge in [0.05, 0.1) is 12.7 Å². The van der Waals surface area contributed by atoms with Gasteiger partial charge in [-0.2, -0.15) is 13.2 Å². The third kappa shape index (κ3) is 10.7. The standard InChI is InChI=1S/C27H31FN6O4.C2HF3O2/c1-5-37-21-13-19(20(28)14-22(21)38-15(2)3)24(32-18-10-8-17(9-11-18)25(29)30)27(36)34-33-26(35)23-16(4)7-6-12-31-23;3-2(4,5)1(6)7/h6-15,24,32H,5H2,1-4H3,(H3,29,30)(H,33,35)(H,34,36);(H,6,7). The van der Waals surface area contributed by atoms with Crippen LogP contribution in [0, 0.1) is 18.2 Å². The number of carboxylic acid groups (broad SMARTS) is 1. The summed E-state index contributed by atoms with van der Waals surface area (Å²) in [5, 5.41) is 17.7. The van der Waals surface area contributed by atoms with E-state index in [-0.39, 0.29) is 41.3 Å². The number of hydrogen-bond acceptors (Lipinski definition) is 8. The van der Waals surface area contributed by atoms with Crippen LogP contribution in [0.4, 0.5) is 23.2 Å². The van der Waals surface area contributed by atoms with Crippen molar-refractivity contribution in [2.45, 2.75) is 46.0 Å². The molecule has 16 heteroatoms. The molecule has 242 valence electrons. The summed E-state index contributed by atoms with van der Waals surface area (Å²) < 4.78 is 58.5. The summed E-state index contributed by atoms with van der Waals surface area (Å²) in [5.74, 6) is -4.51. The molecule has 3 rings (SSSR count). The topological polar surface area (TPSA) is 189 Å². The van der Waals surface area contributed by atoms with Gasteiger partial charge in [0, 0.05) is 29.1 Å². The van der Waals surface area contributed by atoms with E-state index in [4.69, 9.17) is 30.5 Å². The summed E-state index contributed by atoms with van der Waals surface area (Å²) >= 11 is 0. The number of amides is 2. The predicted molar refractivity (Wildman–Crippen MR) is 155 cm³/mol. The average Bonchev–Trinajstić information content (AvgIpc) is 2.96. The van der Waals surface area contributed by atoms with E-state index in [0.29, 0.717) is 16.8 Å². The highest BCUT2D eigenvalue weighted by Gasteiger charge is 2.38. The number of carbonyl (C=O) groups excluding carboxylic acids is 2. The third-order valence-corrected chi connectivity index (χ3v) is 5.57. The van der Waals surface area contributed by atoms with E-state index in [1.165, 1.54) is 12.3 Å². The van der Waals surface area contributed by atoms with Crippen LogP contribution < -0.4 is 31.4 Å². The number of ether oxygens (including phenoxy) is 2. The normalized spacial score (nSPS) is 11.4. The summed E-state index contributed by atoms with van der Waals surface area (Å²) in [6.45, 7) is 7.38. The maximum Gasteiger partial charge on any atom is 0.490 e. The number of rotatable bonds is 10. The molecule has 1 heterocycles. The molecule has 0 spiro atoms. The summed E-state index contributed by atoms with van der Waals surface area (Å²) in [5.41, 5.74) is 11.8. The second-order valence-electron chi connectivity index (χ2n) is 9.40. The molecule has 12 nitrogen and oxygen atoms in total. The van der Waals surface area contributed by atoms with E-state index in [0.717, 1.165) is 6.07 Å². The van der Waals surface area contributed by atoms with Crippen LogP contribution in [0.2, 0.25) is 0 Å². The number of benzene rings is 2. The van der Waals surface area contributed by atoms with Gasteiger partial charge < -0.3 is 25.6 Å². The Bertz CT molecular complexity index is 1520. The Morgan fingerprint density at radius 2 is 1.69 bits per heavy atom. The van der Waals surface area contributed by atoms with Crippen molar-refractivity contribution >= 4 is 29.3 Å². The smallest absolute Gasteiger partial charge is 0.490 e. The van der Waals surface area contributed by atoms with Gasteiger partial charge in [0.2, 0.25) is 0 Å². The lowest BCUT2D eigenvalue weighted by atomic mass is 10.0. The van der Waals surface area contributed by atoms with Gasteiger partial charge in [-0.3, -0.25) is 30.8 Å². The zero-order valence-corrected chi connectivity index (χ0v) is 24.6. The van der Waals surface area contributed by atoms with Gasteiger partial charge in [0.15, 0.2) is 11.5 Å². The van der Waals surface area contributed by atoms with E-state index in [1.807, 2.05) is 0 Å². The number of nitrogens with one attached hydrogen (secondary N) is 4. The molecule has 3 aromatic rings. The number of alkyl halides is 3. The van der Waals surface area contributed by atoms with Crippen molar-refractivity contribution in [2.24, 2.45) is 5.73 Å². The molecular weight excluding hydrogens is 604 g/mol. The number of anilines is 1. The third-order valence-electron chi connectivity index (χ3n) is 5.57. The molecule has 2 aromatic carbocycles. The lowest BCUT2D eigenvalue weighted by Gasteiger charge is -2.23. The van der Waals surface area contributed by atoms with E-state index in [9.17, 15) is 22.8 Å². The van der Waals surface area contributed by atoms with Crippen molar-refractivity contribution < 1.29 is 46.5 Å². The number of carbonyl (C=O) groups is 3. The Morgan fingerprint density at radius 3 is 2.20 bits per heavy atom. The summed E-state index contributed by atoms with van der Waals surface area (Å²) in [6.07, 6.45) is -3.86. The Hall–Kier alpha value is -5.41. The molecule has 7 N–H and O–H groups in total. The fraction of sp³-hybridized carbons (Fsp3) is 0.276. The number of pyridine rings is 1. The summed E-state index contributed by atoms with van der Waals surface area (Å²) in [7, 11) is 0. The average molecular weight is 637 g/mol. The number of aryl methyl sites for hydroxylation is 1. The Morgan fingerprint density at radius 1 is 1.07 bits per heavy atom. The highest BCUT2D eigenvalue weighted by molar-refractivity contribution is 5.96. The lowest BCUT2D eigenvalue weighted by molar-refractivity contribution is -0.192. The Labute approximate surface area is 255 Å². The maximum atomic E-state index is 15.4. The van der Waals surface area contributed by atoms with Gasteiger partial charge in [-0.15, -0.1) is 0 Å². The highest BCUT2D eigenvalue weighted by Crippen LogP contribution is 2.35. The zero-order chi connectivity index (χ0) is 33.9. The molecule has 1 unspecified atom stereocenters. The van der Waals surface area contributed by atoms with Crippen LogP contribution in [0.15, 0.2) is 54.7 Å². The fourth-order valence-electron chi connectivity index (χ4n) is 3.56. The molecular formula is C29H32F4N6O6. The van der Waals surface area contributed by atoms with E-state index in [2.05, 4.69) is 21.2 Å². The van der Waals surface area contributed by atoms with E-state index in [1.54, 1.807) is 64.1 Å². The Kier molecular flexibility index (Phi) is 12.6. The largest absolute Gasteiger partial charge is 0.490 e. The first-order valence-electron chi connectivity index (χ1n) is 13.2. The number of nitrogens with zero attached hydrogens (tertiary/aromatic N) is 1. The van der Waals surface area contributed by atoms with Gasteiger partial charge in [0.25, 0.3) is 11.8 Å². The minimum atomic E-state index is -5.08. The number of amidine groups is 1. The number of aromatic nitrogens is 1. The molecule has 0 fully saturated rings. The second kappa shape index (κ2) is 15.9. The maximum absolute atomic E-state index is 15.4. The minimum Gasteiger partial charge on any atom is -0.490 e. The van der Waals surface area contributed by atoms with Gasteiger partial charge in [-0.25, -0.2) is 9.18 Å². The molecule has 1 aromatic heterocycles. The summed E-state index contributed by atoms with van der Waals surface area (Å²) in [4.78, 5) is 38.8. The lowest BCUT2D eigenvalue weighted by Crippen LogP contribution is -2.46. The first-order chi connectivity index (χ1) is 21.0. The molecule has 0 bridgehead atoms. The van der Waals surface area contributed by atoms with Crippen molar-refractivity contribution in [2.75, 3.05) is 11.9 Å². The zero-order valence-electron chi connectivity index (χ0n) is 24.6. The number of hydrazine groups is 1. The summed E-state index contributed by atoms with van der Waals surface area (Å²) in [6, 6.07) is 11.0. The number of nitrogens with two attached hydrogens (primary N) is 1. The van der Waals surface area contributed by atoms with Crippen LogP contribution in [0.25, 0.3) is 0 Å². The van der Waals surface area contributed by atoms with E-state index < -0.39 is 35.8 Å². The van der Waals surface area contributed by atoms with Crippen molar-refractivity contribution in [3.8, 4) is 11.5 Å². The van der Waals surface area contributed by atoms with Crippen LogP contribution in [0.5, 0.6) is 11.5 Å². The minimum absolute atomic E-state index is 0.0408. The monoisotopic (exact) mass is 636 g/mol. The van der Waals surface area contributed by atoms with Crippen molar-refractivity contribution in [1.29, 1.82) is 5.41 Å². The molecule has 0 aliphatic rings. The SMILES string of the molecule is CCOc1cc(C(Nc2ccc(C(=N)N)cc2)C(=O)NNC(=O)c2ncccc2C)c(F)cc1OC(C)C.O=C(O)C(F)(F)F. The fourth-order valence-corrected chi connectivity index (χ4v) is 3.56. The van der Waals surface area contributed by atoms with Crippen LogP contribution in [-0.2, 0) is 9.59 Å². The molecule has 0 radical (unpaired) electrons. The van der Waals surface area contributed by atoms with Crippen LogP contribution in [0.3, 0.4) is 0 Å². The molecule has 1 atom stereocenters. The number of halogens is 4. The molecule has 45 heavy (non-hydrogen) atoms. The van der Waals surface area contributed by atoms with Crippen LogP contribution in [-0.4, -0.2) is 52.6 Å². The van der Waals surface area contributed by atoms with Gasteiger partial charge >= 0.3 is 12.1 Å². The van der Waals surface area contributed by atoms with Crippen molar-refractivity contribution in [3.05, 3.63) is 82.9 Å². The predicted octanol–water partition coefficient (Wildman–Crippen LogP) is 4.25. The number of aliphatic carboxylic acids is 1. The quantitative estimate of drug-likeness (QED) is 0.0818. The number of nitrogen functional groups attached to an aromatic ring is 1. The van der Waals surface area contributed by atoms with Crippen molar-refractivity contribution in [1.82, 2.24) is 15.8 Å². The second-order valence-corrected chi connectivity index (χ2v) is 9.40. The first-order valence-corrected chi connectivity index (χ1v) is 13.2. The highest BCUT2D eigenvalue weighted by atomic mass is 19.4. The van der Waals surface area contributed by atoms with Crippen molar-refractivity contribution in [3.63, 3.8) is 0 Å². The molecule has 0 aliphatic heterocycles. The van der Waals surface area contributed by atoms with Crippen LogP contribution in [0.1, 0.15) is 54.0 Å². The van der Waals surface area contributed by atoms with E-state index >= 15 is 4.39 Å².